The molecule has 0 saturated heterocycles. The Labute approximate surface area is 88.9 Å². The highest BCUT2D eigenvalue weighted by molar-refractivity contribution is 9.10. The lowest BCUT2D eigenvalue weighted by Gasteiger charge is -2.19. The number of ketones is 1. The summed E-state index contributed by atoms with van der Waals surface area (Å²) < 4.78 is 14.0. The van der Waals surface area contributed by atoms with Gasteiger partial charge >= 0.3 is 0 Å². The van der Waals surface area contributed by atoms with E-state index in [1.807, 2.05) is 0 Å². The maximum absolute atomic E-state index is 13.4. The largest absolute Gasteiger partial charge is 0.385 e. The molecule has 4 heteroatoms. The number of hydrogen-bond acceptors (Lipinski definition) is 2. The van der Waals surface area contributed by atoms with Crippen molar-refractivity contribution >= 4 is 21.7 Å². The molecule has 0 aromatic heterocycles. The Kier molecular flexibility index (Phi) is 2.41. The molecule has 0 heterocycles. The highest BCUT2D eigenvalue weighted by Crippen LogP contribution is 2.27. The summed E-state index contributed by atoms with van der Waals surface area (Å²) in [6.07, 6.45) is -0.126. The molecular formula is C10H8BrFO2. The van der Waals surface area contributed by atoms with E-state index >= 15 is 0 Å². The summed E-state index contributed by atoms with van der Waals surface area (Å²) in [6.45, 7) is 0. The van der Waals surface area contributed by atoms with Gasteiger partial charge in [0.15, 0.2) is 5.78 Å². The van der Waals surface area contributed by atoms with E-state index in [-0.39, 0.29) is 5.56 Å². The summed E-state index contributed by atoms with van der Waals surface area (Å²) in [5, 5.41) is 9.29. The number of aliphatic hydroxyl groups is 1. The van der Waals surface area contributed by atoms with Crippen molar-refractivity contribution < 1.29 is 14.3 Å². The minimum absolute atomic E-state index is 0.0481. The number of hydrogen-bond donors (Lipinski definition) is 1. The van der Waals surface area contributed by atoms with Crippen LogP contribution in [0.25, 0.3) is 0 Å². The normalized spacial score (nSPS) is 20.8. The van der Waals surface area contributed by atoms with Gasteiger partial charge in [-0.3, -0.25) is 4.79 Å². The summed E-state index contributed by atoms with van der Waals surface area (Å²) in [6, 6.07) is 2.97. The maximum Gasteiger partial charge on any atom is 0.194 e. The molecule has 1 N–H and O–H groups in total. The van der Waals surface area contributed by atoms with E-state index in [1.165, 1.54) is 6.07 Å². The van der Waals surface area contributed by atoms with Gasteiger partial charge in [-0.15, -0.1) is 0 Å². The van der Waals surface area contributed by atoms with Crippen LogP contribution in [0.4, 0.5) is 4.39 Å². The smallest absolute Gasteiger partial charge is 0.194 e. The lowest BCUT2D eigenvalue weighted by Crippen LogP contribution is -2.28. The van der Waals surface area contributed by atoms with E-state index in [2.05, 4.69) is 15.9 Å². The Morgan fingerprint density at radius 2 is 2.21 bits per heavy atom. The van der Waals surface area contributed by atoms with Crippen molar-refractivity contribution in [2.75, 3.05) is 0 Å². The number of benzene rings is 1. The van der Waals surface area contributed by atoms with E-state index in [9.17, 15) is 14.3 Å². The number of carbonyl (C=O) groups excluding carboxylic acids is 1. The minimum atomic E-state index is -1.04. The van der Waals surface area contributed by atoms with Crippen molar-refractivity contribution in [2.24, 2.45) is 0 Å². The minimum Gasteiger partial charge on any atom is -0.385 e. The number of rotatable bonds is 0. The van der Waals surface area contributed by atoms with Gasteiger partial charge in [0.1, 0.15) is 11.9 Å². The van der Waals surface area contributed by atoms with Crippen LogP contribution in [0.5, 0.6) is 0 Å². The van der Waals surface area contributed by atoms with Crippen LogP contribution in [0.3, 0.4) is 0 Å². The SMILES string of the molecule is O=C1c2c(F)cc(Br)cc2CCC1O. The van der Waals surface area contributed by atoms with Crippen LogP contribution in [0.1, 0.15) is 22.3 Å². The standard InChI is InChI=1S/C10H8BrFO2/c11-6-3-5-1-2-8(13)10(14)9(5)7(12)4-6/h3-4,8,13H,1-2H2. The van der Waals surface area contributed by atoms with Crippen molar-refractivity contribution in [2.45, 2.75) is 18.9 Å². The van der Waals surface area contributed by atoms with Gasteiger partial charge in [-0.2, -0.15) is 0 Å². The monoisotopic (exact) mass is 258 g/mol. The molecule has 0 radical (unpaired) electrons. The predicted octanol–water partition coefficient (Wildman–Crippen LogP) is 2.08. The number of fused-ring (bicyclic) bond motifs is 1. The molecule has 1 aliphatic rings. The first-order valence-corrected chi connectivity index (χ1v) is 5.09. The van der Waals surface area contributed by atoms with Gasteiger partial charge in [0, 0.05) is 4.47 Å². The van der Waals surface area contributed by atoms with Crippen molar-refractivity contribution in [1.82, 2.24) is 0 Å². The van der Waals surface area contributed by atoms with Gasteiger partial charge in [0.25, 0.3) is 0 Å². The molecule has 14 heavy (non-hydrogen) atoms. The van der Waals surface area contributed by atoms with Crippen LogP contribution in [0.2, 0.25) is 0 Å². The van der Waals surface area contributed by atoms with Crippen LogP contribution in [-0.4, -0.2) is 17.0 Å². The molecule has 1 aromatic carbocycles. The third-order valence-corrected chi connectivity index (χ3v) is 2.83. The Morgan fingerprint density at radius 3 is 2.93 bits per heavy atom. The first kappa shape index (κ1) is 9.80. The van der Waals surface area contributed by atoms with Gasteiger partial charge in [-0.05, 0) is 30.5 Å². The molecule has 0 fully saturated rings. The number of aliphatic hydroxyl groups excluding tert-OH is 1. The third kappa shape index (κ3) is 1.48. The van der Waals surface area contributed by atoms with Gasteiger partial charge in [-0.25, -0.2) is 4.39 Å². The first-order valence-electron chi connectivity index (χ1n) is 4.30. The topological polar surface area (TPSA) is 37.3 Å². The average Bonchev–Trinajstić information content (AvgIpc) is 2.10. The van der Waals surface area contributed by atoms with E-state index in [1.54, 1.807) is 6.07 Å². The first-order chi connectivity index (χ1) is 6.59. The van der Waals surface area contributed by atoms with E-state index in [0.29, 0.717) is 22.9 Å². The second kappa shape index (κ2) is 3.44. The number of aryl methyl sites for hydroxylation is 1. The number of halogens is 2. The highest BCUT2D eigenvalue weighted by atomic mass is 79.9. The zero-order valence-corrected chi connectivity index (χ0v) is 8.84. The molecule has 0 amide bonds. The summed E-state index contributed by atoms with van der Waals surface area (Å²) in [7, 11) is 0. The van der Waals surface area contributed by atoms with Gasteiger partial charge in [-0.1, -0.05) is 15.9 Å². The molecule has 1 aromatic rings. The molecule has 74 valence electrons. The molecule has 2 rings (SSSR count). The molecule has 0 bridgehead atoms. The fraction of sp³-hybridized carbons (Fsp3) is 0.300. The Balaban J connectivity index is 2.60. The van der Waals surface area contributed by atoms with Crippen LogP contribution in [-0.2, 0) is 6.42 Å². The van der Waals surface area contributed by atoms with E-state index in [4.69, 9.17) is 0 Å². The fourth-order valence-corrected chi connectivity index (χ4v) is 2.17. The molecule has 2 nitrogen and oxygen atoms in total. The van der Waals surface area contributed by atoms with Crippen LogP contribution in [0.15, 0.2) is 16.6 Å². The number of carbonyl (C=O) groups is 1. The molecule has 1 unspecified atom stereocenters. The lowest BCUT2D eigenvalue weighted by molar-refractivity contribution is 0.0707. The second-order valence-electron chi connectivity index (χ2n) is 3.34. The van der Waals surface area contributed by atoms with Crippen LogP contribution in [0, 0.1) is 5.82 Å². The highest BCUT2D eigenvalue weighted by Gasteiger charge is 2.28. The molecule has 1 atom stereocenters. The maximum atomic E-state index is 13.4. The predicted molar refractivity (Wildman–Crippen MR) is 52.8 cm³/mol. The fourth-order valence-electron chi connectivity index (χ4n) is 1.69. The summed E-state index contributed by atoms with van der Waals surface area (Å²) >= 11 is 3.16. The van der Waals surface area contributed by atoms with Crippen molar-refractivity contribution in [3.05, 3.63) is 33.5 Å². The molecule has 0 spiro atoms. The molecule has 0 aliphatic heterocycles. The average molecular weight is 259 g/mol. The van der Waals surface area contributed by atoms with Crippen LogP contribution < -0.4 is 0 Å². The second-order valence-corrected chi connectivity index (χ2v) is 4.26. The zero-order chi connectivity index (χ0) is 10.3. The Hall–Kier alpha value is -0.740. The van der Waals surface area contributed by atoms with E-state index < -0.39 is 17.7 Å². The zero-order valence-electron chi connectivity index (χ0n) is 7.26. The third-order valence-electron chi connectivity index (χ3n) is 2.37. The summed E-state index contributed by atoms with van der Waals surface area (Å²) in [4.78, 5) is 11.4. The van der Waals surface area contributed by atoms with E-state index in [0.717, 1.165) is 0 Å². The van der Waals surface area contributed by atoms with Crippen molar-refractivity contribution in [1.29, 1.82) is 0 Å². The Morgan fingerprint density at radius 1 is 1.50 bits per heavy atom. The van der Waals surface area contributed by atoms with Gasteiger partial charge in [0.2, 0.25) is 0 Å². The molecular weight excluding hydrogens is 251 g/mol. The Bertz CT molecular complexity index is 403. The molecule has 1 aliphatic carbocycles. The van der Waals surface area contributed by atoms with Crippen molar-refractivity contribution in [3.63, 3.8) is 0 Å². The number of Topliss-reactive ketones (excluding diaryl/α,β-unsaturated/α-hetero) is 1. The summed E-state index contributed by atoms with van der Waals surface area (Å²) in [5.74, 6) is -1.06. The van der Waals surface area contributed by atoms with Crippen molar-refractivity contribution in [3.8, 4) is 0 Å². The van der Waals surface area contributed by atoms with Gasteiger partial charge < -0.3 is 5.11 Å². The summed E-state index contributed by atoms with van der Waals surface area (Å²) in [5.41, 5.74) is 0.721. The quantitative estimate of drug-likeness (QED) is 0.774. The van der Waals surface area contributed by atoms with Gasteiger partial charge in [0.05, 0.1) is 5.56 Å². The van der Waals surface area contributed by atoms with Crippen LogP contribution >= 0.6 is 15.9 Å². The lowest BCUT2D eigenvalue weighted by atomic mass is 9.88. The molecule has 0 saturated carbocycles.